The number of anilines is 1. The number of hydrazone groups is 1. The Morgan fingerprint density at radius 1 is 0.962 bits per heavy atom. The van der Waals surface area contributed by atoms with Crippen LogP contribution in [0.3, 0.4) is 0 Å². The van der Waals surface area contributed by atoms with E-state index in [9.17, 15) is 13.2 Å². The number of carbonyl (C=O) groups excluding carboxylic acids is 1. The van der Waals surface area contributed by atoms with Gasteiger partial charge in [-0.15, -0.1) is 11.3 Å². The Kier molecular flexibility index (Phi) is 5.45. The van der Waals surface area contributed by atoms with Gasteiger partial charge in [0.1, 0.15) is 4.21 Å². The number of carbonyl (C=O) groups is 1. The van der Waals surface area contributed by atoms with E-state index in [0.29, 0.717) is 11.3 Å². The van der Waals surface area contributed by atoms with Gasteiger partial charge in [0.15, 0.2) is 0 Å². The van der Waals surface area contributed by atoms with Crippen LogP contribution < -0.4 is 10.1 Å². The quantitative estimate of drug-likeness (QED) is 0.504. The first kappa shape index (κ1) is 17.8. The van der Waals surface area contributed by atoms with E-state index in [1.165, 1.54) is 30.3 Å². The topological polar surface area (TPSA) is 87.6 Å². The second-order valence-corrected chi connectivity index (χ2v) is 8.08. The molecule has 0 unspecified atom stereocenters. The lowest BCUT2D eigenvalue weighted by Crippen LogP contribution is -2.17. The first-order chi connectivity index (χ1) is 12.5. The monoisotopic (exact) mass is 385 g/mol. The summed E-state index contributed by atoms with van der Waals surface area (Å²) in [4.78, 5) is 12.1. The lowest BCUT2D eigenvalue weighted by molar-refractivity contribution is 0.0955. The zero-order valence-corrected chi connectivity index (χ0v) is 15.1. The zero-order chi connectivity index (χ0) is 18.4. The van der Waals surface area contributed by atoms with Gasteiger partial charge in [-0.05, 0) is 41.3 Å². The molecular weight excluding hydrogens is 370 g/mol. The fourth-order valence-electron chi connectivity index (χ4n) is 2.08. The van der Waals surface area contributed by atoms with E-state index in [-0.39, 0.29) is 10.1 Å². The van der Waals surface area contributed by atoms with Crippen molar-refractivity contribution >= 4 is 39.2 Å². The minimum absolute atomic E-state index is 0.231. The third-order valence-electron chi connectivity index (χ3n) is 3.34. The van der Waals surface area contributed by atoms with E-state index in [0.717, 1.165) is 16.9 Å². The summed E-state index contributed by atoms with van der Waals surface area (Å²) in [6, 6.07) is 18.7. The van der Waals surface area contributed by atoms with E-state index in [2.05, 4.69) is 15.2 Å². The van der Waals surface area contributed by atoms with E-state index < -0.39 is 10.0 Å². The highest BCUT2D eigenvalue weighted by Gasteiger charge is 2.15. The lowest BCUT2D eigenvalue weighted by Gasteiger charge is -2.07. The number of rotatable bonds is 6. The van der Waals surface area contributed by atoms with Gasteiger partial charge in [0.05, 0.1) is 6.21 Å². The predicted octanol–water partition coefficient (Wildman–Crippen LogP) is 3.31. The van der Waals surface area contributed by atoms with Gasteiger partial charge in [-0.2, -0.15) is 5.10 Å². The summed E-state index contributed by atoms with van der Waals surface area (Å²) in [7, 11) is -3.60. The molecule has 26 heavy (non-hydrogen) atoms. The van der Waals surface area contributed by atoms with Gasteiger partial charge in [-0.1, -0.05) is 36.4 Å². The van der Waals surface area contributed by atoms with E-state index >= 15 is 0 Å². The molecule has 1 heterocycles. The van der Waals surface area contributed by atoms with Gasteiger partial charge in [0.2, 0.25) is 0 Å². The van der Waals surface area contributed by atoms with Crippen LogP contribution >= 0.6 is 11.3 Å². The molecule has 1 aromatic heterocycles. The largest absolute Gasteiger partial charge is 0.279 e. The molecule has 0 saturated heterocycles. The van der Waals surface area contributed by atoms with Gasteiger partial charge in [0, 0.05) is 11.3 Å². The number of nitrogens with one attached hydrogen (secondary N) is 2. The van der Waals surface area contributed by atoms with E-state index in [4.69, 9.17) is 0 Å². The molecule has 0 fully saturated rings. The highest BCUT2D eigenvalue weighted by atomic mass is 32.2. The van der Waals surface area contributed by atoms with Crippen LogP contribution in [0.5, 0.6) is 0 Å². The molecule has 6 nitrogen and oxygen atoms in total. The molecule has 0 radical (unpaired) electrons. The minimum atomic E-state index is -3.60. The molecule has 3 rings (SSSR count). The summed E-state index contributed by atoms with van der Waals surface area (Å²) in [6.07, 6.45) is 1.54. The molecule has 2 aromatic carbocycles. The number of sulfonamides is 1. The minimum Gasteiger partial charge on any atom is -0.279 e. The van der Waals surface area contributed by atoms with E-state index in [1.807, 2.05) is 30.3 Å². The van der Waals surface area contributed by atoms with Crippen molar-refractivity contribution in [2.24, 2.45) is 5.10 Å². The van der Waals surface area contributed by atoms with Crippen LogP contribution in [0.25, 0.3) is 0 Å². The number of benzene rings is 2. The summed E-state index contributed by atoms with van der Waals surface area (Å²) >= 11 is 1.13. The highest BCUT2D eigenvalue weighted by Crippen LogP contribution is 2.20. The van der Waals surface area contributed by atoms with Crippen molar-refractivity contribution in [1.29, 1.82) is 0 Å². The van der Waals surface area contributed by atoms with Crippen molar-refractivity contribution < 1.29 is 13.2 Å². The molecule has 0 aliphatic carbocycles. The number of thiophene rings is 1. The number of hydrogen-bond donors (Lipinski definition) is 2. The zero-order valence-electron chi connectivity index (χ0n) is 13.5. The van der Waals surface area contributed by atoms with Gasteiger partial charge < -0.3 is 0 Å². The Morgan fingerprint density at radius 3 is 2.35 bits per heavy atom. The van der Waals surface area contributed by atoms with Crippen molar-refractivity contribution in [2.75, 3.05) is 4.72 Å². The smallest absolute Gasteiger partial charge is 0.271 e. The standard InChI is InChI=1S/C18H15N3O3S2/c22-18(20-19-13-14-5-2-1-3-6-14)15-8-10-16(11-9-15)21-26(23,24)17-7-4-12-25-17/h1-13,21H,(H,20,22)/b19-13+. The molecule has 0 saturated carbocycles. The number of hydrogen-bond acceptors (Lipinski definition) is 5. The van der Waals surface area contributed by atoms with E-state index in [1.54, 1.807) is 17.7 Å². The normalized spacial score (nSPS) is 11.4. The third-order valence-corrected chi connectivity index (χ3v) is 6.12. The molecule has 0 bridgehead atoms. The maximum Gasteiger partial charge on any atom is 0.271 e. The summed E-state index contributed by atoms with van der Waals surface area (Å²) in [6.45, 7) is 0. The van der Waals surface area contributed by atoms with Crippen molar-refractivity contribution in [2.45, 2.75) is 4.21 Å². The van der Waals surface area contributed by atoms with Crippen LogP contribution in [0.4, 0.5) is 5.69 Å². The first-order valence-corrected chi connectivity index (χ1v) is 9.96. The molecule has 0 spiro atoms. The second-order valence-electron chi connectivity index (χ2n) is 5.22. The summed E-state index contributed by atoms with van der Waals surface area (Å²) < 4.78 is 27.0. The Bertz CT molecular complexity index is 998. The first-order valence-electron chi connectivity index (χ1n) is 7.59. The summed E-state index contributed by atoms with van der Waals surface area (Å²) in [5.41, 5.74) is 4.05. The lowest BCUT2D eigenvalue weighted by atomic mass is 10.2. The maximum absolute atomic E-state index is 12.2. The van der Waals surface area contributed by atoms with Crippen LogP contribution in [0.1, 0.15) is 15.9 Å². The summed E-state index contributed by atoms with van der Waals surface area (Å²) in [5, 5.41) is 5.59. The molecule has 8 heteroatoms. The highest BCUT2D eigenvalue weighted by molar-refractivity contribution is 7.94. The Hall–Kier alpha value is -2.97. The average Bonchev–Trinajstić information content (AvgIpc) is 3.19. The van der Waals surface area contributed by atoms with Crippen molar-refractivity contribution in [3.63, 3.8) is 0 Å². The SMILES string of the molecule is O=C(N/N=C/c1ccccc1)c1ccc(NS(=O)(=O)c2cccs2)cc1. The molecule has 0 aliphatic rings. The molecular formula is C18H15N3O3S2. The molecule has 132 valence electrons. The average molecular weight is 385 g/mol. The van der Waals surface area contributed by atoms with Gasteiger partial charge in [-0.25, -0.2) is 13.8 Å². The van der Waals surface area contributed by atoms with Gasteiger partial charge in [-0.3, -0.25) is 9.52 Å². The molecule has 3 aromatic rings. The number of nitrogens with zero attached hydrogens (tertiary/aromatic N) is 1. The molecule has 0 aliphatic heterocycles. The second kappa shape index (κ2) is 7.94. The van der Waals surface area contributed by atoms with Gasteiger partial charge >= 0.3 is 0 Å². The number of amides is 1. The molecule has 1 amide bonds. The Balaban J connectivity index is 1.62. The summed E-state index contributed by atoms with van der Waals surface area (Å²) in [5.74, 6) is -0.384. The molecule has 2 N–H and O–H groups in total. The molecule has 0 atom stereocenters. The van der Waals surface area contributed by atoms with Crippen LogP contribution in [0, 0.1) is 0 Å². The van der Waals surface area contributed by atoms with Crippen molar-refractivity contribution in [3.8, 4) is 0 Å². The van der Waals surface area contributed by atoms with Crippen molar-refractivity contribution in [1.82, 2.24) is 5.43 Å². The van der Waals surface area contributed by atoms with Crippen molar-refractivity contribution in [3.05, 3.63) is 83.2 Å². The third kappa shape index (κ3) is 4.56. The Labute approximate surface area is 155 Å². The van der Waals surface area contributed by atoms with Gasteiger partial charge in [0.25, 0.3) is 15.9 Å². The van der Waals surface area contributed by atoms with Crippen LogP contribution in [-0.4, -0.2) is 20.5 Å². The maximum atomic E-state index is 12.2. The van der Waals surface area contributed by atoms with Crippen LogP contribution in [0.2, 0.25) is 0 Å². The van der Waals surface area contributed by atoms with Crippen LogP contribution in [-0.2, 0) is 10.0 Å². The fraction of sp³-hybridized carbons (Fsp3) is 0. The Morgan fingerprint density at radius 2 is 1.69 bits per heavy atom. The fourth-order valence-corrected chi connectivity index (χ4v) is 4.13. The van der Waals surface area contributed by atoms with Crippen LogP contribution in [0.15, 0.2) is 81.4 Å². The predicted molar refractivity (Wildman–Crippen MR) is 103 cm³/mol.